The van der Waals surface area contributed by atoms with Crippen molar-refractivity contribution < 1.29 is 5.11 Å². The summed E-state index contributed by atoms with van der Waals surface area (Å²) in [5.74, 6) is 1.32. The van der Waals surface area contributed by atoms with Crippen LogP contribution < -0.4 is 0 Å². The molecule has 12 heavy (non-hydrogen) atoms. The number of hydrogen-bond donors (Lipinski definition) is 1. The minimum Gasteiger partial charge on any atom is -0.389 e. The van der Waals surface area contributed by atoms with Gasteiger partial charge in [-0.15, -0.1) is 0 Å². The summed E-state index contributed by atoms with van der Waals surface area (Å²) in [6.07, 6.45) is 8.86. The van der Waals surface area contributed by atoms with E-state index in [0.29, 0.717) is 11.8 Å². The monoisotopic (exact) mass is 168 g/mol. The van der Waals surface area contributed by atoms with Gasteiger partial charge in [-0.25, -0.2) is 0 Å². The van der Waals surface area contributed by atoms with E-state index in [2.05, 4.69) is 6.92 Å². The Labute approximate surface area is 75.2 Å². The first-order valence-corrected chi connectivity index (χ1v) is 5.49. The van der Waals surface area contributed by atoms with Gasteiger partial charge in [-0.05, 0) is 37.5 Å². The first-order chi connectivity index (χ1) is 5.77. The van der Waals surface area contributed by atoms with Crippen LogP contribution in [0.5, 0.6) is 0 Å². The van der Waals surface area contributed by atoms with Gasteiger partial charge in [0.1, 0.15) is 0 Å². The molecule has 2 aliphatic rings. The largest absolute Gasteiger partial charge is 0.389 e. The Morgan fingerprint density at radius 1 is 1.33 bits per heavy atom. The summed E-state index contributed by atoms with van der Waals surface area (Å²) in [5.41, 5.74) is -0.202. The van der Waals surface area contributed by atoms with Crippen molar-refractivity contribution in [2.45, 2.75) is 57.5 Å². The van der Waals surface area contributed by atoms with E-state index in [1.54, 1.807) is 0 Å². The minimum absolute atomic E-state index is 0.202. The Morgan fingerprint density at radius 3 is 2.58 bits per heavy atom. The summed E-state index contributed by atoms with van der Waals surface area (Å²) in [6.45, 7) is 2.22. The Balaban J connectivity index is 1.87. The van der Waals surface area contributed by atoms with Crippen LogP contribution in [0.15, 0.2) is 0 Å². The molecule has 0 spiro atoms. The number of aliphatic hydroxyl groups is 1. The topological polar surface area (TPSA) is 20.2 Å². The van der Waals surface area contributed by atoms with E-state index < -0.39 is 0 Å². The SMILES string of the molecule is CCCC1CC1(O)C1CCCC1. The lowest BCUT2D eigenvalue weighted by Crippen LogP contribution is -2.21. The van der Waals surface area contributed by atoms with Crippen LogP contribution in [0.2, 0.25) is 0 Å². The molecule has 2 atom stereocenters. The molecule has 1 nitrogen and oxygen atoms in total. The lowest BCUT2D eigenvalue weighted by molar-refractivity contribution is 0.0662. The molecule has 1 N–H and O–H groups in total. The normalized spacial score (nSPS) is 42.0. The molecule has 0 saturated heterocycles. The third-order valence-corrected chi connectivity index (χ3v) is 3.82. The van der Waals surface area contributed by atoms with Crippen molar-refractivity contribution >= 4 is 0 Å². The molecule has 0 heterocycles. The molecule has 0 aliphatic heterocycles. The van der Waals surface area contributed by atoms with E-state index in [0.717, 1.165) is 6.42 Å². The maximum atomic E-state index is 10.2. The van der Waals surface area contributed by atoms with Gasteiger partial charge in [0.15, 0.2) is 0 Å². The smallest absolute Gasteiger partial charge is 0.0708 e. The summed E-state index contributed by atoms with van der Waals surface area (Å²) in [6, 6.07) is 0. The van der Waals surface area contributed by atoms with Crippen LogP contribution in [0.1, 0.15) is 51.9 Å². The highest BCUT2D eigenvalue weighted by Gasteiger charge is 2.56. The predicted molar refractivity (Wildman–Crippen MR) is 49.9 cm³/mol. The Hall–Kier alpha value is -0.0400. The van der Waals surface area contributed by atoms with Crippen molar-refractivity contribution in [2.75, 3.05) is 0 Å². The van der Waals surface area contributed by atoms with Crippen LogP contribution >= 0.6 is 0 Å². The molecule has 2 rings (SSSR count). The summed E-state index contributed by atoms with van der Waals surface area (Å²) >= 11 is 0. The van der Waals surface area contributed by atoms with E-state index in [-0.39, 0.29) is 5.60 Å². The fourth-order valence-corrected chi connectivity index (χ4v) is 2.96. The van der Waals surface area contributed by atoms with Crippen molar-refractivity contribution in [1.82, 2.24) is 0 Å². The molecule has 0 radical (unpaired) electrons. The van der Waals surface area contributed by atoms with Crippen molar-refractivity contribution in [1.29, 1.82) is 0 Å². The Kier molecular flexibility index (Phi) is 2.16. The van der Waals surface area contributed by atoms with Gasteiger partial charge in [-0.3, -0.25) is 0 Å². The van der Waals surface area contributed by atoms with E-state index >= 15 is 0 Å². The van der Waals surface area contributed by atoms with E-state index in [1.807, 2.05) is 0 Å². The fourth-order valence-electron chi connectivity index (χ4n) is 2.96. The van der Waals surface area contributed by atoms with Crippen LogP contribution in [0, 0.1) is 11.8 Å². The zero-order chi connectivity index (χ0) is 8.60. The Bertz CT molecular complexity index is 160. The third kappa shape index (κ3) is 1.28. The number of rotatable bonds is 3. The fraction of sp³-hybridized carbons (Fsp3) is 1.00. The molecule has 0 aromatic heterocycles. The van der Waals surface area contributed by atoms with Gasteiger partial charge in [-0.1, -0.05) is 26.2 Å². The first kappa shape index (κ1) is 8.55. The Morgan fingerprint density at radius 2 is 2.00 bits per heavy atom. The highest BCUT2D eigenvalue weighted by Crippen LogP contribution is 2.55. The molecule has 0 aromatic carbocycles. The quantitative estimate of drug-likeness (QED) is 0.687. The maximum Gasteiger partial charge on any atom is 0.0708 e. The van der Waals surface area contributed by atoms with Gasteiger partial charge < -0.3 is 5.11 Å². The second-order valence-corrected chi connectivity index (χ2v) is 4.66. The lowest BCUT2D eigenvalue weighted by Gasteiger charge is -2.17. The van der Waals surface area contributed by atoms with E-state index in [4.69, 9.17) is 0 Å². The average molecular weight is 168 g/mol. The second-order valence-electron chi connectivity index (χ2n) is 4.66. The molecular weight excluding hydrogens is 148 g/mol. The number of hydrogen-bond acceptors (Lipinski definition) is 1. The van der Waals surface area contributed by atoms with E-state index in [9.17, 15) is 5.11 Å². The summed E-state index contributed by atoms with van der Waals surface area (Å²) in [7, 11) is 0. The third-order valence-electron chi connectivity index (χ3n) is 3.82. The average Bonchev–Trinajstić information content (AvgIpc) is 2.57. The van der Waals surface area contributed by atoms with Gasteiger partial charge in [0.2, 0.25) is 0 Å². The van der Waals surface area contributed by atoms with Gasteiger partial charge in [0.05, 0.1) is 5.60 Å². The van der Waals surface area contributed by atoms with Gasteiger partial charge in [0, 0.05) is 0 Å². The molecule has 0 amide bonds. The van der Waals surface area contributed by atoms with Crippen molar-refractivity contribution in [3.63, 3.8) is 0 Å². The molecular formula is C11H20O. The molecule has 0 aromatic rings. The van der Waals surface area contributed by atoms with Crippen molar-refractivity contribution in [3.8, 4) is 0 Å². The highest BCUT2D eigenvalue weighted by molar-refractivity contribution is 5.07. The van der Waals surface area contributed by atoms with Crippen LogP contribution in [-0.2, 0) is 0 Å². The summed E-state index contributed by atoms with van der Waals surface area (Å²) < 4.78 is 0. The van der Waals surface area contributed by atoms with Crippen molar-refractivity contribution in [3.05, 3.63) is 0 Å². The molecule has 2 aliphatic carbocycles. The van der Waals surface area contributed by atoms with Gasteiger partial charge in [0.25, 0.3) is 0 Å². The van der Waals surface area contributed by atoms with E-state index in [1.165, 1.54) is 38.5 Å². The maximum absolute atomic E-state index is 10.2. The molecule has 2 fully saturated rings. The molecule has 70 valence electrons. The second kappa shape index (κ2) is 3.02. The zero-order valence-corrected chi connectivity index (χ0v) is 8.05. The van der Waals surface area contributed by atoms with Gasteiger partial charge in [-0.2, -0.15) is 0 Å². The first-order valence-electron chi connectivity index (χ1n) is 5.49. The highest BCUT2D eigenvalue weighted by atomic mass is 16.3. The van der Waals surface area contributed by atoms with Crippen LogP contribution in [0.3, 0.4) is 0 Å². The molecule has 2 unspecified atom stereocenters. The minimum atomic E-state index is -0.202. The van der Waals surface area contributed by atoms with Crippen molar-refractivity contribution in [2.24, 2.45) is 11.8 Å². The van der Waals surface area contributed by atoms with Crippen LogP contribution in [-0.4, -0.2) is 10.7 Å². The van der Waals surface area contributed by atoms with Gasteiger partial charge >= 0.3 is 0 Å². The molecule has 0 bridgehead atoms. The van der Waals surface area contributed by atoms with Crippen LogP contribution in [0.4, 0.5) is 0 Å². The lowest BCUT2D eigenvalue weighted by atomic mass is 9.95. The zero-order valence-electron chi connectivity index (χ0n) is 8.05. The molecule has 2 saturated carbocycles. The summed E-state index contributed by atoms with van der Waals surface area (Å²) in [5, 5.41) is 10.2. The predicted octanol–water partition coefficient (Wildman–Crippen LogP) is 2.73. The van der Waals surface area contributed by atoms with Crippen LogP contribution in [0.25, 0.3) is 0 Å². The summed E-state index contributed by atoms with van der Waals surface area (Å²) in [4.78, 5) is 0. The standard InChI is InChI=1S/C11H20O/c1-2-5-10-8-11(10,12)9-6-3-4-7-9/h9-10,12H,2-8H2,1H3. The molecule has 1 heteroatoms.